The quantitative estimate of drug-likeness (QED) is 0.0279. The number of carbonyl (C=O) groups is 12. The fourth-order valence-corrected chi connectivity index (χ4v) is 4.96. The summed E-state index contributed by atoms with van der Waals surface area (Å²) in [6.07, 6.45) is -1.19. The van der Waals surface area contributed by atoms with Crippen molar-refractivity contribution in [3.8, 4) is 0 Å². The summed E-state index contributed by atoms with van der Waals surface area (Å²) >= 11 is 0. The van der Waals surface area contributed by atoms with Crippen LogP contribution in [-0.4, -0.2) is 161 Å². The zero-order valence-electron chi connectivity index (χ0n) is 34.1. The van der Waals surface area contributed by atoms with Gasteiger partial charge in [-0.15, -0.1) is 0 Å². The van der Waals surface area contributed by atoms with Crippen molar-refractivity contribution in [2.24, 2.45) is 28.7 Å². The van der Waals surface area contributed by atoms with Gasteiger partial charge in [-0.1, -0.05) is 0 Å². The number of carboxylic acid groups (broad SMARTS) is 1. The molecular weight excluding hydrogens is 830 g/mol. The SMILES string of the molecule is C[C@H](NC(=O)[C@@H](N)CCC(N)=O)C(=O)N[C@@H](CCCCN)C(=O)N[C@@H](CO)C(=O)N[C@@H](CCC(N)=O)C(=O)NCC(=O)NCC(=O)N[C@@H](CO)C(=O)N[C@@H](CCC(N)=O)C(=O)O. The summed E-state index contributed by atoms with van der Waals surface area (Å²) in [6.45, 7) is -2.12. The van der Waals surface area contributed by atoms with Gasteiger partial charge >= 0.3 is 5.97 Å². The molecule has 0 aliphatic heterocycles. The second kappa shape index (κ2) is 29.7. The Morgan fingerprint density at radius 2 is 0.919 bits per heavy atom. The van der Waals surface area contributed by atoms with Crippen LogP contribution in [0, 0.1) is 0 Å². The Morgan fingerprint density at radius 3 is 1.44 bits per heavy atom. The summed E-state index contributed by atoms with van der Waals surface area (Å²) in [5.41, 5.74) is 26.5. The first-order valence-corrected chi connectivity index (χ1v) is 19.2. The summed E-state index contributed by atoms with van der Waals surface area (Å²) in [6, 6.07) is -10.3. The van der Waals surface area contributed by atoms with Crippen molar-refractivity contribution < 1.29 is 72.9 Å². The lowest BCUT2D eigenvalue weighted by molar-refractivity contribution is -0.143. The van der Waals surface area contributed by atoms with Crippen molar-refractivity contribution in [2.45, 2.75) is 107 Å². The molecule has 28 heteroatoms. The standard InChI is InChI=1S/C34H59N13O15/c1-16(42-29(56)17(36)5-8-23(37)50)28(55)44-18(4-2-3-11-35)31(58)47-22(15-49)33(60)45-19(6-9-24(38)51)30(57)41-12-26(53)40-13-27(54)43-21(14-48)32(59)46-20(34(61)62)7-10-25(39)52/h16-22,48-49H,2-15,35-36H2,1H3,(H2,37,50)(H2,38,51)(H2,39,52)(H,40,53)(H,41,57)(H,42,56)(H,43,54)(H,44,55)(H,45,60)(H,46,59)(H,47,58)(H,61,62)/t16-,17-,18-,19-,20-,21-,22-/m0/s1. The predicted molar refractivity (Wildman–Crippen MR) is 211 cm³/mol. The normalized spacial score (nSPS) is 14.1. The van der Waals surface area contributed by atoms with Gasteiger partial charge in [0.05, 0.1) is 32.3 Å². The molecular formula is C34H59N13O15. The second-order valence-corrected chi connectivity index (χ2v) is 13.7. The molecule has 0 heterocycles. The predicted octanol–water partition coefficient (Wildman–Crippen LogP) is -9.53. The van der Waals surface area contributed by atoms with Gasteiger partial charge < -0.3 is 86.5 Å². The minimum absolute atomic E-state index is 0.00899. The van der Waals surface area contributed by atoms with Gasteiger partial charge in [-0.2, -0.15) is 0 Å². The first-order valence-electron chi connectivity index (χ1n) is 19.2. The Balaban J connectivity index is 5.54. The van der Waals surface area contributed by atoms with Gasteiger partial charge in [-0.05, 0) is 52.0 Å². The lowest BCUT2D eigenvalue weighted by atomic mass is 10.1. The first-order chi connectivity index (χ1) is 29.1. The molecule has 0 rings (SSSR count). The third-order valence-corrected chi connectivity index (χ3v) is 8.50. The molecule has 0 radical (unpaired) electrons. The summed E-state index contributed by atoms with van der Waals surface area (Å²) < 4.78 is 0. The molecule has 0 aliphatic carbocycles. The molecule has 0 unspecified atom stereocenters. The van der Waals surface area contributed by atoms with E-state index in [1.165, 1.54) is 6.92 Å². The van der Waals surface area contributed by atoms with Gasteiger partial charge in [-0.25, -0.2) is 4.79 Å². The lowest BCUT2D eigenvalue weighted by Crippen LogP contribution is -2.59. The molecule has 0 saturated carbocycles. The fraction of sp³-hybridized carbons (Fsp3) is 0.647. The lowest BCUT2D eigenvalue weighted by Gasteiger charge is -2.25. The van der Waals surface area contributed by atoms with E-state index in [1.54, 1.807) is 0 Å². The van der Waals surface area contributed by atoms with Crippen LogP contribution in [0.15, 0.2) is 0 Å². The van der Waals surface area contributed by atoms with E-state index >= 15 is 0 Å². The fourth-order valence-electron chi connectivity index (χ4n) is 4.96. The largest absolute Gasteiger partial charge is 0.480 e. The van der Waals surface area contributed by atoms with E-state index in [1.807, 2.05) is 5.32 Å². The number of hydrogen-bond acceptors (Lipinski definition) is 16. The van der Waals surface area contributed by atoms with Crippen molar-refractivity contribution in [2.75, 3.05) is 32.8 Å². The molecule has 0 aromatic rings. The minimum atomic E-state index is -1.74. The zero-order valence-corrected chi connectivity index (χ0v) is 34.1. The number of nitrogens with two attached hydrogens (primary N) is 5. The van der Waals surface area contributed by atoms with Crippen LogP contribution in [0.2, 0.25) is 0 Å². The summed E-state index contributed by atoms with van der Waals surface area (Å²) in [5, 5.41) is 46.4. The molecule has 0 saturated heterocycles. The molecule has 62 heavy (non-hydrogen) atoms. The number of aliphatic hydroxyl groups is 2. The van der Waals surface area contributed by atoms with Gasteiger partial charge in [0, 0.05) is 19.3 Å². The number of hydrogen-bond donors (Lipinski definition) is 16. The van der Waals surface area contributed by atoms with Crippen LogP contribution in [0.5, 0.6) is 0 Å². The number of aliphatic carboxylic acids is 1. The van der Waals surface area contributed by atoms with Crippen molar-refractivity contribution in [3.63, 3.8) is 0 Å². The highest BCUT2D eigenvalue weighted by Gasteiger charge is 2.31. The van der Waals surface area contributed by atoms with E-state index < -0.39 is 152 Å². The van der Waals surface area contributed by atoms with E-state index in [-0.39, 0.29) is 38.6 Å². The highest BCUT2D eigenvalue weighted by atomic mass is 16.4. The van der Waals surface area contributed by atoms with Crippen LogP contribution < -0.4 is 71.2 Å². The van der Waals surface area contributed by atoms with Crippen molar-refractivity contribution >= 4 is 70.9 Å². The second-order valence-electron chi connectivity index (χ2n) is 13.7. The highest BCUT2D eigenvalue weighted by molar-refractivity contribution is 5.97. The Kier molecular flexibility index (Phi) is 26.5. The monoisotopic (exact) mass is 889 g/mol. The van der Waals surface area contributed by atoms with Gasteiger partial charge in [0.25, 0.3) is 0 Å². The Morgan fingerprint density at radius 1 is 0.484 bits per heavy atom. The summed E-state index contributed by atoms with van der Waals surface area (Å²) in [4.78, 5) is 147. The number of nitrogens with one attached hydrogen (secondary N) is 8. The number of unbranched alkanes of at least 4 members (excludes halogenated alkanes) is 1. The number of aliphatic hydroxyl groups excluding tert-OH is 2. The number of rotatable bonds is 32. The molecule has 0 fully saturated rings. The maximum Gasteiger partial charge on any atom is 0.326 e. The molecule has 0 aliphatic rings. The number of carbonyl (C=O) groups excluding carboxylic acids is 11. The molecule has 11 amide bonds. The van der Waals surface area contributed by atoms with Crippen LogP contribution in [0.1, 0.15) is 64.7 Å². The van der Waals surface area contributed by atoms with Gasteiger partial charge in [0.2, 0.25) is 65.0 Å². The maximum absolute atomic E-state index is 13.3. The van der Waals surface area contributed by atoms with E-state index in [0.29, 0.717) is 12.8 Å². The average Bonchev–Trinajstić information content (AvgIpc) is 3.20. The van der Waals surface area contributed by atoms with Gasteiger partial charge in [0.1, 0.15) is 36.3 Å². The molecule has 0 spiro atoms. The third-order valence-electron chi connectivity index (χ3n) is 8.50. The van der Waals surface area contributed by atoms with Crippen LogP contribution in [-0.2, 0) is 57.5 Å². The molecule has 0 bridgehead atoms. The zero-order chi connectivity index (χ0) is 47.5. The molecule has 28 nitrogen and oxygen atoms in total. The molecule has 350 valence electrons. The summed E-state index contributed by atoms with van der Waals surface area (Å²) in [7, 11) is 0. The molecule has 7 atom stereocenters. The molecule has 21 N–H and O–H groups in total. The Bertz CT molecular complexity index is 1620. The van der Waals surface area contributed by atoms with Crippen LogP contribution in [0.4, 0.5) is 0 Å². The maximum atomic E-state index is 13.3. The van der Waals surface area contributed by atoms with Crippen molar-refractivity contribution in [1.29, 1.82) is 0 Å². The molecule has 0 aromatic heterocycles. The molecule has 0 aromatic carbocycles. The van der Waals surface area contributed by atoms with Crippen LogP contribution >= 0.6 is 0 Å². The van der Waals surface area contributed by atoms with Crippen LogP contribution in [0.3, 0.4) is 0 Å². The Labute approximate surface area is 354 Å². The third kappa shape index (κ3) is 23.3. The van der Waals surface area contributed by atoms with E-state index in [9.17, 15) is 72.9 Å². The topological polar surface area (TPSA) is 492 Å². The van der Waals surface area contributed by atoms with Crippen LogP contribution in [0.25, 0.3) is 0 Å². The minimum Gasteiger partial charge on any atom is -0.480 e. The van der Waals surface area contributed by atoms with Gasteiger partial charge in [0.15, 0.2) is 0 Å². The number of amides is 11. The highest BCUT2D eigenvalue weighted by Crippen LogP contribution is 2.05. The first kappa shape index (κ1) is 55.5. The number of primary amides is 3. The Hall–Kier alpha value is -6.52. The van der Waals surface area contributed by atoms with E-state index in [4.69, 9.17) is 28.7 Å². The number of carboxylic acids is 1. The average molecular weight is 890 g/mol. The van der Waals surface area contributed by atoms with Crippen molar-refractivity contribution in [1.82, 2.24) is 42.5 Å². The smallest absolute Gasteiger partial charge is 0.326 e. The van der Waals surface area contributed by atoms with Crippen molar-refractivity contribution in [3.05, 3.63) is 0 Å². The van der Waals surface area contributed by atoms with E-state index in [0.717, 1.165) is 0 Å². The van der Waals surface area contributed by atoms with E-state index in [2.05, 4.69) is 37.2 Å². The van der Waals surface area contributed by atoms with Gasteiger partial charge in [-0.3, -0.25) is 52.7 Å². The summed E-state index contributed by atoms with van der Waals surface area (Å²) in [5.74, 6) is -11.9.